The summed E-state index contributed by atoms with van der Waals surface area (Å²) in [5.74, 6) is -1.74. The highest BCUT2D eigenvalue weighted by Crippen LogP contribution is 2.32. The number of ether oxygens (including phenoxy) is 7. The monoisotopic (exact) mass is 680 g/mol. The fourth-order valence-electron chi connectivity index (χ4n) is 5.41. The molecular formula is C24H40O22. The third-order valence-electron chi connectivity index (χ3n) is 8.15. The molecule has 0 amide bonds. The average molecular weight is 681 g/mol. The van der Waals surface area contributed by atoms with Crippen molar-refractivity contribution < 1.29 is 109 Å². The molecule has 4 aliphatic heterocycles. The van der Waals surface area contributed by atoms with Gasteiger partial charge in [-0.25, -0.2) is 4.79 Å². The van der Waals surface area contributed by atoms with Crippen LogP contribution in [0.15, 0.2) is 0 Å². The van der Waals surface area contributed by atoms with E-state index in [1.54, 1.807) is 0 Å². The van der Waals surface area contributed by atoms with Crippen molar-refractivity contribution in [3.63, 3.8) is 0 Å². The van der Waals surface area contributed by atoms with E-state index in [-0.39, 0.29) is 0 Å². The molecule has 0 saturated carbocycles. The predicted molar refractivity (Wildman–Crippen MR) is 134 cm³/mol. The molecule has 4 aliphatic rings. The summed E-state index contributed by atoms with van der Waals surface area (Å²) in [6.07, 6.45) is -37.3. The van der Waals surface area contributed by atoms with Crippen molar-refractivity contribution in [2.24, 2.45) is 0 Å². The van der Waals surface area contributed by atoms with Gasteiger partial charge in [-0.3, -0.25) is 0 Å². The molecule has 20 atom stereocenters. The van der Waals surface area contributed by atoms with Crippen LogP contribution in [0.5, 0.6) is 0 Å². The number of aliphatic hydroxyl groups excluding tert-OH is 13. The molecule has 0 aliphatic carbocycles. The first-order valence-corrected chi connectivity index (χ1v) is 14.1. The molecule has 0 bridgehead atoms. The van der Waals surface area contributed by atoms with Crippen molar-refractivity contribution in [2.45, 2.75) is 123 Å². The lowest BCUT2D eigenvalue weighted by Crippen LogP contribution is -2.66. The van der Waals surface area contributed by atoms with Crippen LogP contribution in [0.4, 0.5) is 0 Å². The molecule has 14 N–H and O–H groups in total. The minimum absolute atomic E-state index is 0.788. The van der Waals surface area contributed by atoms with Crippen LogP contribution in [0.25, 0.3) is 0 Å². The summed E-state index contributed by atoms with van der Waals surface area (Å²) in [4.78, 5) is 11.6. The van der Waals surface area contributed by atoms with E-state index in [0.29, 0.717) is 0 Å². The fraction of sp³-hybridized carbons (Fsp3) is 0.958. The first-order chi connectivity index (χ1) is 21.6. The molecule has 46 heavy (non-hydrogen) atoms. The van der Waals surface area contributed by atoms with Gasteiger partial charge in [-0.2, -0.15) is 0 Å². The lowest BCUT2D eigenvalue weighted by molar-refractivity contribution is -0.369. The number of aliphatic hydroxyl groups is 13. The Labute approximate surface area is 258 Å². The van der Waals surface area contributed by atoms with Crippen LogP contribution < -0.4 is 0 Å². The molecule has 22 nitrogen and oxygen atoms in total. The summed E-state index contributed by atoms with van der Waals surface area (Å²) in [5, 5.41) is 141. The van der Waals surface area contributed by atoms with E-state index in [2.05, 4.69) is 0 Å². The summed E-state index contributed by atoms with van der Waals surface area (Å²) in [7, 11) is 0. The summed E-state index contributed by atoms with van der Waals surface area (Å²) < 4.78 is 37.0. The average Bonchev–Trinajstić information content (AvgIpc) is 3.03. The number of hydrogen-bond donors (Lipinski definition) is 14. The third-order valence-corrected chi connectivity index (χ3v) is 8.15. The molecule has 4 saturated heterocycles. The van der Waals surface area contributed by atoms with Gasteiger partial charge in [-0.15, -0.1) is 0 Å². The number of aliphatic carboxylic acids is 1. The Hall–Kier alpha value is -1.33. The van der Waals surface area contributed by atoms with Crippen LogP contribution in [0.3, 0.4) is 0 Å². The summed E-state index contributed by atoms with van der Waals surface area (Å²) in [6, 6.07) is 0. The second kappa shape index (κ2) is 15.5. The third kappa shape index (κ3) is 7.46. The maximum Gasteiger partial charge on any atom is 0.335 e. The van der Waals surface area contributed by atoms with E-state index in [0.717, 1.165) is 0 Å². The molecule has 22 heteroatoms. The van der Waals surface area contributed by atoms with Gasteiger partial charge in [-0.1, -0.05) is 0 Å². The molecule has 0 radical (unpaired) electrons. The first-order valence-electron chi connectivity index (χ1n) is 14.1. The van der Waals surface area contributed by atoms with E-state index in [1.807, 2.05) is 0 Å². The van der Waals surface area contributed by atoms with Crippen molar-refractivity contribution in [3.8, 4) is 0 Å². The van der Waals surface area contributed by atoms with Crippen molar-refractivity contribution in [1.29, 1.82) is 0 Å². The maximum atomic E-state index is 11.6. The Bertz CT molecular complexity index is 988. The lowest BCUT2D eigenvalue weighted by Gasteiger charge is -2.46. The van der Waals surface area contributed by atoms with Gasteiger partial charge in [0, 0.05) is 0 Å². The van der Waals surface area contributed by atoms with Crippen molar-refractivity contribution in [3.05, 3.63) is 0 Å². The Kier molecular flexibility index (Phi) is 12.6. The Morgan fingerprint density at radius 2 is 0.957 bits per heavy atom. The van der Waals surface area contributed by atoms with Gasteiger partial charge in [0.1, 0.15) is 91.6 Å². The molecule has 0 spiro atoms. The standard InChI is InChI=1S/C24H40O22/c25-1-4-7(27)9(29)14(34)23(41-4)45-17-5(2-26)42-22(16(36)12(17)32)40-3-6-8(28)10(30)15(35)24(43-6)46-18-11(31)13(33)21(39)44-19(18)20(37)38/h4-19,21-36,39H,1-3H2,(H,37,38)/t4?,5?,6?,7-,8-,9+,10+,11-,12-,13?,14?,15?,16?,17+,18+,19?,21+,22+,23-,24-/m1/s1. The summed E-state index contributed by atoms with van der Waals surface area (Å²) in [5.41, 5.74) is 0. The zero-order chi connectivity index (χ0) is 34.2. The molecule has 8 unspecified atom stereocenters. The van der Waals surface area contributed by atoms with Gasteiger partial charge < -0.3 is 105 Å². The van der Waals surface area contributed by atoms with Gasteiger partial charge >= 0.3 is 5.97 Å². The number of carbonyl (C=O) groups is 1. The van der Waals surface area contributed by atoms with E-state index in [1.165, 1.54) is 0 Å². The van der Waals surface area contributed by atoms with Gasteiger partial charge in [0.25, 0.3) is 0 Å². The molecule has 0 aromatic carbocycles. The van der Waals surface area contributed by atoms with Crippen LogP contribution in [0.2, 0.25) is 0 Å². The number of rotatable bonds is 10. The zero-order valence-corrected chi connectivity index (χ0v) is 23.7. The van der Waals surface area contributed by atoms with Crippen molar-refractivity contribution in [1.82, 2.24) is 0 Å². The predicted octanol–water partition coefficient (Wildman–Crippen LogP) is -9.66. The molecule has 0 aromatic heterocycles. The van der Waals surface area contributed by atoms with Crippen LogP contribution in [-0.2, 0) is 38.0 Å². The quantitative estimate of drug-likeness (QED) is 0.102. The van der Waals surface area contributed by atoms with Gasteiger partial charge in [-0.05, 0) is 0 Å². The van der Waals surface area contributed by atoms with Crippen LogP contribution in [-0.4, -0.2) is 220 Å². The molecule has 4 fully saturated rings. The first kappa shape index (κ1) is 37.5. The highest BCUT2D eigenvalue weighted by atomic mass is 16.8. The molecule has 4 heterocycles. The van der Waals surface area contributed by atoms with E-state index < -0.39 is 149 Å². The highest BCUT2D eigenvalue weighted by Gasteiger charge is 2.54. The van der Waals surface area contributed by atoms with Gasteiger partial charge in [0.05, 0.1) is 19.8 Å². The Morgan fingerprint density at radius 1 is 0.500 bits per heavy atom. The van der Waals surface area contributed by atoms with Gasteiger partial charge in [0.15, 0.2) is 31.3 Å². The summed E-state index contributed by atoms with van der Waals surface area (Å²) >= 11 is 0. The lowest BCUT2D eigenvalue weighted by atomic mass is 9.96. The Balaban J connectivity index is 1.41. The number of carboxylic acids is 1. The second-order valence-electron chi connectivity index (χ2n) is 11.2. The maximum absolute atomic E-state index is 11.6. The number of carboxylic acid groups (broad SMARTS) is 1. The molecule has 0 aromatic rings. The fourth-order valence-corrected chi connectivity index (χ4v) is 5.41. The van der Waals surface area contributed by atoms with Crippen LogP contribution in [0.1, 0.15) is 0 Å². The number of hydrogen-bond acceptors (Lipinski definition) is 21. The molecule has 4 rings (SSSR count). The minimum Gasteiger partial charge on any atom is -0.479 e. The Morgan fingerprint density at radius 3 is 1.50 bits per heavy atom. The molecular weight excluding hydrogens is 640 g/mol. The van der Waals surface area contributed by atoms with Crippen LogP contribution >= 0.6 is 0 Å². The zero-order valence-electron chi connectivity index (χ0n) is 23.7. The van der Waals surface area contributed by atoms with E-state index in [4.69, 9.17) is 33.2 Å². The molecule has 268 valence electrons. The topological polar surface area (TPSA) is 365 Å². The van der Waals surface area contributed by atoms with Crippen molar-refractivity contribution in [2.75, 3.05) is 19.8 Å². The van der Waals surface area contributed by atoms with E-state index in [9.17, 15) is 76.3 Å². The van der Waals surface area contributed by atoms with Gasteiger partial charge in [0.2, 0.25) is 0 Å². The minimum atomic E-state index is -2.11. The SMILES string of the molecule is O=C(O)C1O[C@H](O)C(O)[C@@H](O)[C@@H]1O[C@H]1OC(CO[C@H]2OC(CO)[C@H](O[C@H]3OC(CO)[C@@H](O)[C@H](O)C3O)[C@H](O)C2O)[C@@H](O)[C@H](O)C1O. The van der Waals surface area contributed by atoms with E-state index >= 15 is 0 Å². The smallest absolute Gasteiger partial charge is 0.335 e. The van der Waals surface area contributed by atoms with Crippen molar-refractivity contribution >= 4 is 5.97 Å². The summed E-state index contributed by atoms with van der Waals surface area (Å²) in [6.45, 7) is -2.46. The normalized spacial score (nSPS) is 51.9. The largest absolute Gasteiger partial charge is 0.479 e. The second-order valence-corrected chi connectivity index (χ2v) is 11.2. The van der Waals surface area contributed by atoms with Crippen LogP contribution in [0, 0.1) is 0 Å². The highest BCUT2D eigenvalue weighted by molar-refractivity contribution is 5.73.